The zero-order valence-electron chi connectivity index (χ0n) is 32.4. The Labute approximate surface area is 345 Å². The number of fused-ring (bicyclic) bond motifs is 9. The number of furan rings is 1. The molecule has 278 valence electrons. The molecule has 0 atom stereocenters. The van der Waals surface area contributed by atoms with Gasteiger partial charge in [-0.2, -0.15) is 0 Å². The summed E-state index contributed by atoms with van der Waals surface area (Å²) in [5.41, 5.74) is 14.5. The Morgan fingerprint density at radius 3 is 1.90 bits per heavy atom. The number of nitrogens with zero attached hydrogens (tertiary/aromatic N) is 3. The molecule has 4 nitrogen and oxygen atoms in total. The van der Waals surface area contributed by atoms with Crippen molar-refractivity contribution in [3.63, 3.8) is 0 Å². The number of rotatable bonds is 5. The molecule has 12 rings (SSSR count). The summed E-state index contributed by atoms with van der Waals surface area (Å²) in [7, 11) is 0. The molecule has 3 aromatic heterocycles. The smallest absolute Gasteiger partial charge is 0.165 e. The average Bonchev–Trinajstić information content (AvgIpc) is 3.94. The standard InChI is InChI=1S/C54H35N3OS/c1-54(2)44-22-8-6-17-37(44)42-30-35(25-27-45(42)54)33-15-10-16-34(29-33)36-26-28-46-43(31-36)49-40(20-12-23-47(49)58-46)52-55-51(32-13-4-3-5-14-32)56-53(57-52)41-21-11-19-39-38-18-7-9-24-48(38)59-50(39)41/h3-31H,1-2H3. The molecule has 0 unspecified atom stereocenters. The van der Waals surface area contributed by atoms with Crippen LogP contribution in [0.25, 0.3) is 110 Å². The Morgan fingerprint density at radius 1 is 0.407 bits per heavy atom. The maximum atomic E-state index is 6.54. The quantitative estimate of drug-likeness (QED) is 0.175. The fraction of sp³-hybridized carbons (Fsp3) is 0.0556. The van der Waals surface area contributed by atoms with E-state index in [0.717, 1.165) is 54.5 Å². The van der Waals surface area contributed by atoms with Gasteiger partial charge in [0.15, 0.2) is 17.5 Å². The van der Waals surface area contributed by atoms with Gasteiger partial charge in [0.25, 0.3) is 0 Å². The van der Waals surface area contributed by atoms with Crippen LogP contribution in [-0.4, -0.2) is 15.0 Å². The van der Waals surface area contributed by atoms with Crippen LogP contribution in [0.5, 0.6) is 0 Å². The minimum absolute atomic E-state index is 0.0207. The molecule has 0 bridgehead atoms. The van der Waals surface area contributed by atoms with Gasteiger partial charge < -0.3 is 4.42 Å². The topological polar surface area (TPSA) is 51.8 Å². The number of benzene rings is 8. The number of hydrogen-bond acceptors (Lipinski definition) is 5. The summed E-state index contributed by atoms with van der Waals surface area (Å²) >= 11 is 1.78. The number of hydrogen-bond donors (Lipinski definition) is 0. The first kappa shape index (κ1) is 33.9. The monoisotopic (exact) mass is 773 g/mol. The van der Waals surface area contributed by atoms with Gasteiger partial charge in [-0.15, -0.1) is 11.3 Å². The highest BCUT2D eigenvalue weighted by Gasteiger charge is 2.35. The van der Waals surface area contributed by atoms with Gasteiger partial charge in [0.05, 0.1) is 0 Å². The molecule has 0 spiro atoms. The van der Waals surface area contributed by atoms with Crippen LogP contribution in [0, 0.1) is 0 Å². The van der Waals surface area contributed by atoms with Gasteiger partial charge in [0, 0.05) is 53.1 Å². The van der Waals surface area contributed by atoms with Gasteiger partial charge in [0.1, 0.15) is 11.2 Å². The van der Waals surface area contributed by atoms with Crippen LogP contribution in [0.2, 0.25) is 0 Å². The summed E-state index contributed by atoms with van der Waals surface area (Å²) in [5.74, 6) is 1.88. The lowest BCUT2D eigenvalue weighted by Gasteiger charge is -2.21. The third-order valence-electron chi connectivity index (χ3n) is 12.2. The molecule has 0 amide bonds. The molecule has 59 heavy (non-hydrogen) atoms. The fourth-order valence-electron chi connectivity index (χ4n) is 9.23. The van der Waals surface area contributed by atoms with E-state index in [2.05, 4.69) is 159 Å². The number of thiophene rings is 1. The van der Waals surface area contributed by atoms with Gasteiger partial charge >= 0.3 is 0 Å². The molecule has 0 saturated heterocycles. The van der Waals surface area contributed by atoms with Crippen LogP contribution in [-0.2, 0) is 5.41 Å². The molecule has 0 fully saturated rings. The van der Waals surface area contributed by atoms with Crippen molar-refractivity contribution in [1.82, 2.24) is 15.0 Å². The lowest BCUT2D eigenvalue weighted by molar-refractivity contribution is 0.660. The molecular weight excluding hydrogens is 739 g/mol. The van der Waals surface area contributed by atoms with E-state index >= 15 is 0 Å². The van der Waals surface area contributed by atoms with Crippen molar-refractivity contribution >= 4 is 53.4 Å². The molecule has 11 aromatic rings. The van der Waals surface area contributed by atoms with E-state index in [1.165, 1.54) is 48.9 Å². The Balaban J connectivity index is 1.00. The van der Waals surface area contributed by atoms with Crippen LogP contribution in [0.1, 0.15) is 25.0 Å². The predicted molar refractivity (Wildman–Crippen MR) is 245 cm³/mol. The first-order valence-electron chi connectivity index (χ1n) is 20.0. The first-order valence-corrected chi connectivity index (χ1v) is 20.8. The molecule has 3 heterocycles. The zero-order chi connectivity index (χ0) is 39.2. The van der Waals surface area contributed by atoms with Crippen LogP contribution >= 0.6 is 11.3 Å². The fourth-order valence-corrected chi connectivity index (χ4v) is 10.4. The lowest BCUT2D eigenvalue weighted by Crippen LogP contribution is -2.14. The average molecular weight is 774 g/mol. The predicted octanol–water partition coefficient (Wildman–Crippen LogP) is 14.8. The van der Waals surface area contributed by atoms with E-state index < -0.39 is 0 Å². The SMILES string of the molecule is CC1(C)c2ccccc2-c2cc(-c3cccc(-c4ccc5oc6cccc(-c7nc(-c8ccccc8)nc(-c8cccc9c8sc8ccccc89)n7)c6c5c4)c3)ccc21. The molecule has 0 N–H and O–H groups in total. The van der Waals surface area contributed by atoms with Crippen molar-refractivity contribution < 1.29 is 4.42 Å². The van der Waals surface area contributed by atoms with Crippen LogP contribution in [0.15, 0.2) is 180 Å². The van der Waals surface area contributed by atoms with E-state index in [0.29, 0.717) is 17.5 Å². The molecule has 1 aliphatic rings. The van der Waals surface area contributed by atoms with Crippen molar-refractivity contribution in [3.05, 3.63) is 187 Å². The van der Waals surface area contributed by atoms with Crippen LogP contribution in [0.3, 0.4) is 0 Å². The van der Waals surface area contributed by atoms with Gasteiger partial charge in [-0.25, -0.2) is 15.0 Å². The molecular formula is C54H35N3OS. The maximum Gasteiger partial charge on any atom is 0.165 e. The summed E-state index contributed by atoms with van der Waals surface area (Å²) in [6, 6.07) is 62.5. The van der Waals surface area contributed by atoms with Crippen molar-refractivity contribution in [2.24, 2.45) is 0 Å². The van der Waals surface area contributed by atoms with Crippen molar-refractivity contribution in [2.75, 3.05) is 0 Å². The second-order valence-corrected chi connectivity index (χ2v) is 17.0. The summed E-state index contributed by atoms with van der Waals surface area (Å²) in [6.07, 6.45) is 0. The minimum atomic E-state index is -0.0207. The molecule has 5 heteroatoms. The Kier molecular flexibility index (Phi) is 7.41. The third kappa shape index (κ3) is 5.32. The highest BCUT2D eigenvalue weighted by atomic mass is 32.1. The Hall–Kier alpha value is -7.21. The molecule has 1 aliphatic carbocycles. The van der Waals surface area contributed by atoms with Gasteiger partial charge in [0.2, 0.25) is 0 Å². The zero-order valence-corrected chi connectivity index (χ0v) is 33.2. The molecule has 0 radical (unpaired) electrons. The first-order chi connectivity index (χ1) is 29.0. The lowest BCUT2D eigenvalue weighted by atomic mass is 9.82. The summed E-state index contributed by atoms with van der Waals surface area (Å²) in [5, 5.41) is 4.45. The van der Waals surface area contributed by atoms with Crippen LogP contribution in [0.4, 0.5) is 0 Å². The van der Waals surface area contributed by atoms with Crippen LogP contribution < -0.4 is 0 Å². The van der Waals surface area contributed by atoms with E-state index in [1.807, 2.05) is 30.3 Å². The van der Waals surface area contributed by atoms with Gasteiger partial charge in [-0.3, -0.25) is 0 Å². The highest BCUT2D eigenvalue weighted by molar-refractivity contribution is 7.26. The summed E-state index contributed by atoms with van der Waals surface area (Å²) in [6.45, 7) is 4.65. The normalized spacial score (nSPS) is 13.1. The van der Waals surface area contributed by atoms with Crippen molar-refractivity contribution in [2.45, 2.75) is 19.3 Å². The molecule has 0 aliphatic heterocycles. The van der Waals surface area contributed by atoms with E-state index in [1.54, 1.807) is 11.3 Å². The largest absolute Gasteiger partial charge is 0.456 e. The van der Waals surface area contributed by atoms with E-state index in [9.17, 15) is 0 Å². The van der Waals surface area contributed by atoms with Crippen molar-refractivity contribution in [3.8, 4) is 67.5 Å². The Morgan fingerprint density at radius 2 is 1.02 bits per heavy atom. The van der Waals surface area contributed by atoms with E-state index in [-0.39, 0.29) is 5.41 Å². The van der Waals surface area contributed by atoms with Gasteiger partial charge in [-0.1, -0.05) is 147 Å². The van der Waals surface area contributed by atoms with E-state index in [4.69, 9.17) is 19.4 Å². The third-order valence-corrected chi connectivity index (χ3v) is 13.4. The molecule has 0 saturated carbocycles. The van der Waals surface area contributed by atoms with Gasteiger partial charge in [-0.05, 0) is 87.0 Å². The van der Waals surface area contributed by atoms with Crippen molar-refractivity contribution in [1.29, 1.82) is 0 Å². The summed E-state index contributed by atoms with van der Waals surface area (Å²) in [4.78, 5) is 15.6. The number of aromatic nitrogens is 3. The Bertz CT molecular complexity index is 3490. The minimum Gasteiger partial charge on any atom is -0.456 e. The second-order valence-electron chi connectivity index (χ2n) is 16.0. The molecule has 8 aromatic carbocycles. The second kappa shape index (κ2) is 12.9. The maximum absolute atomic E-state index is 6.54. The highest BCUT2D eigenvalue weighted by Crippen LogP contribution is 2.50. The summed E-state index contributed by atoms with van der Waals surface area (Å²) < 4.78 is 8.94.